The summed E-state index contributed by atoms with van der Waals surface area (Å²) < 4.78 is 23.2. The molecule has 2 heterocycles. The zero-order valence-electron chi connectivity index (χ0n) is 10.0. The van der Waals surface area contributed by atoms with Gasteiger partial charge in [0.25, 0.3) is 0 Å². The van der Waals surface area contributed by atoms with Gasteiger partial charge in [-0.2, -0.15) is 0 Å². The standard InChI is InChI=1S/C12H14N2O3S/c1-8-3-2-4-9-11(8)13-12(15)10-7-18(16,17)6-5-14(9)10/h2-4,10H,5-7H2,1H3,(H,13,15). The van der Waals surface area contributed by atoms with Crippen molar-refractivity contribution in [1.29, 1.82) is 0 Å². The Morgan fingerprint density at radius 3 is 2.94 bits per heavy atom. The van der Waals surface area contributed by atoms with Crippen LogP contribution in [0.25, 0.3) is 0 Å². The summed E-state index contributed by atoms with van der Waals surface area (Å²) in [5.74, 6) is -0.198. The van der Waals surface area contributed by atoms with Crippen LogP contribution in [0.1, 0.15) is 5.56 Å². The van der Waals surface area contributed by atoms with Gasteiger partial charge in [-0.15, -0.1) is 0 Å². The van der Waals surface area contributed by atoms with E-state index in [9.17, 15) is 13.2 Å². The van der Waals surface area contributed by atoms with Crippen molar-refractivity contribution in [2.24, 2.45) is 0 Å². The number of benzene rings is 1. The van der Waals surface area contributed by atoms with Gasteiger partial charge in [0, 0.05) is 6.54 Å². The van der Waals surface area contributed by atoms with Crippen molar-refractivity contribution >= 4 is 27.1 Å². The first-order valence-corrected chi connectivity index (χ1v) is 7.68. The molecule has 1 fully saturated rings. The van der Waals surface area contributed by atoms with E-state index in [1.807, 2.05) is 30.0 Å². The molecule has 1 aromatic rings. The van der Waals surface area contributed by atoms with Crippen LogP contribution in [0.4, 0.5) is 11.4 Å². The van der Waals surface area contributed by atoms with Crippen molar-refractivity contribution in [3.05, 3.63) is 23.8 Å². The number of hydrogen-bond acceptors (Lipinski definition) is 4. The Labute approximate surface area is 106 Å². The molecule has 2 aliphatic heterocycles. The lowest BCUT2D eigenvalue weighted by molar-refractivity contribution is -0.117. The minimum absolute atomic E-state index is 0.0911. The van der Waals surface area contributed by atoms with Gasteiger partial charge in [-0.05, 0) is 18.6 Å². The van der Waals surface area contributed by atoms with Crippen LogP contribution in [0.3, 0.4) is 0 Å². The highest BCUT2D eigenvalue weighted by atomic mass is 32.2. The maximum atomic E-state index is 12.0. The molecule has 96 valence electrons. The lowest BCUT2D eigenvalue weighted by Gasteiger charge is -2.41. The Hall–Kier alpha value is -1.56. The predicted molar refractivity (Wildman–Crippen MR) is 69.6 cm³/mol. The molecule has 0 aromatic heterocycles. The van der Waals surface area contributed by atoms with Gasteiger partial charge in [0.15, 0.2) is 9.84 Å². The number of fused-ring (bicyclic) bond motifs is 3. The summed E-state index contributed by atoms with van der Waals surface area (Å²) in [6.07, 6.45) is 0. The van der Waals surface area contributed by atoms with E-state index in [0.717, 1.165) is 16.9 Å². The Balaban J connectivity index is 2.09. The normalized spacial score (nSPS) is 25.1. The topological polar surface area (TPSA) is 66.5 Å². The van der Waals surface area contributed by atoms with Gasteiger partial charge in [-0.1, -0.05) is 12.1 Å². The molecule has 0 saturated carbocycles. The largest absolute Gasteiger partial charge is 0.356 e. The van der Waals surface area contributed by atoms with Gasteiger partial charge < -0.3 is 10.2 Å². The zero-order valence-corrected chi connectivity index (χ0v) is 10.8. The number of carbonyl (C=O) groups excluding carboxylic acids is 1. The first-order chi connectivity index (χ1) is 8.48. The van der Waals surface area contributed by atoms with Crippen molar-refractivity contribution in [3.8, 4) is 0 Å². The Morgan fingerprint density at radius 2 is 2.17 bits per heavy atom. The SMILES string of the molecule is Cc1cccc2c1NC(=O)C1CS(=O)(=O)CCN21. The van der Waals surface area contributed by atoms with E-state index in [1.165, 1.54) is 0 Å². The Kier molecular flexibility index (Phi) is 2.38. The third kappa shape index (κ3) is 1.68. The van der Waals surface area contributed by atoms with Gasteiger partial charge in [0.1, 0.15) is 6.04 Å². The zero-order chi connectivity index (χ0) is 12.9. The second-order valence-electron chi connectivity index (χ2n) is 4.78. The predicted octanol–water partition coefficient (Wildman–Crippen LogP) is 0.551. The van der Waals surface area contributed by atoms with Gasteiger partial charge in [-0.3, -0.25) is 4.79 Å². The average Bonchev–Trinajstić information content (AvgIpc) is 2.30. The number of carbonyl (C=O) groups is 1. The molecule has 2 aliphatic rings. The maximum absolute atomic E-state index is 12.0. The number of rotatable bonds is 0. The number of aryl methyl sites for hydroxylation is 1. The Morgan fingerprint density at radius 1 is 1.39 bits per heavy atom. The van der Waals surface area contributed by atoms with Crippen LogP contribution in [0.2, 0.25) is 0 Å². The number of sulfone groups is 1. The van der Waals surface area contributed by atoms with E-state index < -0.39 is 15.9 Å². The second-order valence-corrected chi connectivity index (χ2v) is 7.01. The molecule has 1 aromatic carbocycles. The van der Waals surface area contributed by atoms with E-state index in [4.69, 9.17) is 0 Å². The van der Waals surface area contributed by atoms with Crippen molar-refractivity contribution in [1.82, 2.24) is 0 Å². The molecule has 0 bridgehead atoms. The number of hydrogen-bond donors (Lipinski definition) is 1. The van der Waals surface area contributed by atoms with Crippen LogP contribution in [0.15, 0.2) is 18.2 Å². The van der Waals surface area contributed by atoms with Gasteiger partial charge in [0.05, 0.1) is 22.9 Å². The molecule has 0 radical (unpaired) electrons. The molecular formula is C12H14N2O3S. The van der Waals surface area contributed by atoms with Crippen molar-refractivity contribution in [2.45, 2.75) is 13.0 Å². The molecule has 1 amide bonds. The number of amides is 1. The van der Waals surface area contributed by atoms with Crippen LogP contribution in [-0.4, -0.2) is 38.4 Å². The quantitative estimate of drug-likeness (QED) is 0.744. The van der Waals surface area contributed by atoms with Gasteiger partial charge in [0.2, 0.25) is 5.91 Å². The fourth-order valence-corrected chi connectivity index (χ4v) is 4.03. The number of anilines is 2. The average molecular weight is 266 g/mol. The summed E-state index contributed by atoms with van der Waals surface area (Å²) in [5, 5.41) is 2.82. The van der Waals surface area contributed by atoms with Crippen molar-refractivity contribution in [3.63, 3.8) is 0 Å². The summed E-state index contributed by atoms with van der Waals surface area (Å²) >= 11 is 0. The van der Waals surface area contributed by atoms with Crippen LogP contribution < -0.4 is 10.2 Å². The summed E-state index contributed by atoms with van der Waals surface area (Å²) in [7, 11) is -3.10. The second kappa shape index (κ2) is 3.71. The monoisotopic (exact) mass is 266 g/mol. The van der Waals surface area contributed by atoms with E-state index in [0.29, 0.717) is 6.54 Å². The Bertz CT molecular complexity index is 624. The van der Waals surface area contributed by atoms with E-state index in [2.05, 4.69) is 5.32 Å². The summed E-state index contributed by atoms with van der Waals surface area (Å²) in [6.45, 7) is 2.32. The number of nitrogens with zero attached hydrogens (tertiary/aromatic N) is 1. The van der Waals surface area contributed by atoms with Crippen LogP contribution in [0.5, 0.6) is 0 Å². The highest BCUT2D eigenvalue weighted by molar-refractivity contribution is 7.91. The highest BCUT2D eigenvalue weighted by Crippen LogP contribution is 2.36. The third-order valence-corrected chi connectivity index (χ3v) is 5.17. The lowest BCUT2D eigenvalue weighted by Crippen LogP contribution is -2.56. The van der Waals surface area contributed by atoms with Crippen molar-refractivity contribution in [2.75, 3.05) is 28.3 Å². The lowest BCUT2D eigenvalue weighted by atomic mass is 10.1. The number of para-hydroxylation sites is 1. The molecule has 3 rings (SSSR count). The molecule has 5 nitrogen and oxygen atoms in total. The molecular weight excluding hydrogens is 252 g/mol. The van der Waals surface area contributed by atoms with Crippen LogP contribution in [0, 0.1) is 6.92 Å². The molecule has 0 aliphatic carbocycles. The molecule has 0 spiro atoms. The van der Waals surface area contributed by atoms with Crippen molar-refractivity contribution < 1.29 is 13.2 Å². The molecule has 1 atom stereocenters. The summed E-state index contributed by atoms with van der Waals surface area (Å²) in [5.41, 5.74) is 2.72. The van der Waals surface area contributed by atoms with Crippen LogP contribution in [-0.2, 0) is 14.6 Å². The molecule has 1 unspecified atom stereocenters. The van der Waals surface area contributed by atoms with Gasteiger partial charge in [-0.25, -0.2) is 8.42 Å². The van der Waals surface area contributed by atoms with E-state index in [1.54, 1.807) is 0 Å². The van der Waals surface area contributed by atoms with Gasteiger partial charge >= 0.3 is 0 Å². The molecule has 6 heteroatoms. The van der Waals surface area contributed by atoms with E-state index >= 15 is 0 Å². The van der Waals surface area contributed by atoms with E-state index in [-0.39, 0.29) is 17.4 Å². The highest BCUT2D eigenvalue weighted by Gasteiger charge is 2.40. The maximum Gasteiger partial charge on any atom is 0.248 e. The molecule has 18 heavy (non-hydrogen) atoms. The first-order valence-electron chi connectivity index (χ1n) is 5.85. The fraction of sp³-hybridized carbons (Fsp3) is 0.417. The smallest absolute Gasteiger partial charge is 0.248 e. The molecule has 1 N–H and O–H groups in total. The van der Waals surface area contributed by atoms with Crippen LogP contribution >= 0.6 is 0 Å². The fourth-order valence-electron chi connectivity index (χ4n) is 2.57. The third-order valence-electron chi connectivity index (χ3n) is 3.54. The minimum atomic E-state index is -3.10. The summed E-state index contributed by atoms with van der Waals surface area (Å²) in [4.78, 5) is 13.9. The first kappa shape index (κ1) is 11.5. The number of nitrogens with one attached hydrogen (secondary N) is 1. The minimum Gasteiger partial charge on any atom is -0.356 e. The molecule has 1 saturated heterocycles. The summed E-state index contributed by atoms with van der Waals surface area (Å²) in [6, 6.07) is 5.19.